The molecule has 0 aliphatic heterocycles. The molecule has 9 heteroatoms. The quantitative estimate of drug-likeness (QED) is 0.426. The third kappa shape index (κ3) is 3.79. The fourth-order valence-electron chi connectivity index (χ4n) is 3.25. The molecule has 2 aromatic carbocycles. The van der Waals surface area contributed by atoms with E-state index in [0.29, 0.717) is 22.9 Å². The standard InChI is InChI=1S/C23H14ClFN6O/c24-19-13-16(25)4-5-18(19)23(32)27-17-3-1-2-15(12-17)20-6-7-21-28-29-22(31(21)30-20)14-8-10-26-11-9-14/h1-13H,(H,27,32). The van der Waals surface area contributed by atoms with E-state index < -0.39 is 11.7 Å². The highest BCUT2D eigenvalue weighted by Gasteiger charge is 2.13. The molecular formula is C23H14ClFN6O. The first-order valence-electron chi connectivity index (χ1n) is 9.58. The summed E-state index contributed by atoms with van der Waals surface area (Å²) in [4.78, 5) is 16.6. The second-order valence-electron chi connectivity index (χ2n) is 6.91. The van der Waals surface area contributed by atoms with Gasteiger partial charge in [-0.05, 0) is 54.6 Å². The van der Waals surface area contributed by atoms with Crippen LogP contribution in [0.5, 0.6) is 0 Å². The number of anilines is 1. The number of benzene rings is 2. The molecule has 0 atom stereocenters. The lowest BCUT2D eigenvalue weighted by atomic mass is 10.1. The van der Waals surface area contributed by atoms with Crippen LogP contribution < -0.4 is 5.32 Å². The molecule has 156 valence electrons. The van der Waals surface area contributed by atoms with Gasteiger partial charge in [0.05, 0.1) is 16.3 Å². The van der Waals surface area contributed by atoms with Gasteiger partial charge in [0.25, 0.3) is 5.91 Å². The van der Waals surface area contributed by atoms with Gasteiger partial charge in [-0.3, -0.25) is 9.78 Å². The van der Waals surface area contributed by atoms with E-state index in [9.17, 15) is 9.18 Å². The number of nitrogens with zero attached hydrogens (tertiary/aromatic N) is 5. The number of nitrogens with one attached hydrogen (secondary N) is 1. The van der Waals surface area contributed by atoms with Crippen LogP contribution in [0.1, 0.15) is 10.4 Å². The first-order chi connectivity index (χ1) is 15.6. The molecule has 0 saturated carbocycles. The van der Waals surface area contributed by atoms with Crippen molar-refractivity contribution in [3.05, 3.63) is 95.5 Å². The zero-order chi connectivity index (χ0) is 22.1. The Morgan fingerprint density at radius 2 is 1.78 bits per heavy atom. The van der Waals surface area contributed by atoms with Crippen molar-refractivity contribution in [2.45, 2.75) is 0 Å². The maximum Gasteiger partial charge on any atom is 0.257 e. The lowest BCUT2D eigenvalue weighted by Crippen LogP contribution is -2.12. The number of hydrogen-bond acceptors (Lipinski definition) is 5. The molecule has 5 aromatic rings. The van der Waals surface area contributed by atoms with E-state index in [1.54, 1.807) is 35.1 Å². The third-order valence-corrected chi connectivity index (χ3v) is 5.11. The molecule has 1 N–H and O–H groups in total. The summed E-state index contributed by atoms with van der Waals surface area (Å²) >= 11 is 6.00. The van der Waals surface area contributed by atoms with Crippen LogP contribution in [-0.4, -0.2) is 30.7 Å². The molecule has 3 heterocycles. The Labute approximate surface area is 186 Å². The van der Waals surface area contributed by atoms with Gasteiger partial charge in [-0.15, -0.1) is 10.2 Å². The number of pyridine rings is 1. The minimum atomic E-state index is -0.504. The van der Waals surface area contributed by atoms with Gasteiger partial charge in [0, 0.05) is 29.2 Å². The fourth-order valence-corrected chi connectivity index (χ4v) is 3.51. The Morgan fingerprint density at radius 1 is 0.938 bits per heavy atom. The Hall–Kier alpha value is -4.17. The molecule has 32 heavy (non-hydrogen) atoms. The number of carbonyl (C=O) groups excluding carboxylic acids is 1. The molecule has 0 saturated heterocycles. The molecule has 0 aliphatic rings. The Balaban J connectivity index is 1.47. The van der Waals surface area contributed by atoms with Crippen molar-refractivity contribution in [2.75, 3.05) is 5.32 Å². The van der Waals surface area contributed by atoms with Crippen LogP contribution in [0.3, 0.4) is 0 Å². The van der Waals surface area contributed by atoms with E-state index in [-0.39, 0.29) is 10.6 Å². The van der Waals surface area contributed by atoms with Crippen molar-refractivity contribution < 1.29 is 9.18 Å². The summed E-state index contributed by atoms with van der Waals surface area (Å²) in [6, 6.07) is 18.2. The monoisotopic (exact) mass is 444 g/mol. The van der Waals surface area contributed by atoms with E-state index >= 15 is 0 Å². The van der Waals surface area contributed by atoms with E-state index in [1.807, 2.05) is 30.3 Å². The predicted octanol–water partition coefficient (Wildman–Crippen LogP) is 4.90. The van der Waals surface area contributed by atoms with E-state index in [1.165, 1.54) is 12.1 Å². The number of rotatable bonds is 4. The maximum absolute atomic E-state index is 13.3. The normalized spacial score (nSPS) is 10.9. The minimum Gasteiger partial charge on any atom is -0.322 e. The largest absolute Gasteiger partial charge is 0.322 e. The predicted molar refractivity (Wildman–Crippen MR) is 119 cm³/mol. The number of aromatic nitrogens is 5. The summed E-state index contributed by atoms with van der Waals surface area (Å²) in [5.74, 6) is -0.343. The van der Waals surface area contributed by atoms with Gasteiger partial charge in [-0.25, -0.2) is 4.39 Å². The van der Waals surface area contributed by atoms with Crippen molar-refractivity contribution >= 4 is 28.8 Å². The second kappa shape index (κ2) is 8.16. The number of carbonyl (C=O) groups is 1. The Bertz CT molecular complexity index is 1450. The molecule has 0 unspecified atom stereocenters. The average Bonchev–Trinajstić information content (AvgIpc) is 3.23. The molecular weight excluding hydrogens is 431 g/mol. The van der Waals surface area contributed by atoms with Crippen LogP contribution >= 0.6 is 11.6 Å². The molecule has 0 fully saturated rings. The lowest BCUT2D eigenvalue weighted by molar-refractivity contribution is 0.102. The molecule has 3 aromatic heterocycles. The van der Waals surface area contributed by atoms with Gasteiger partial charge in [0.1, 0.15) is 5.82 Å². The summed E-state index contributed by atoms with van der Waals surface area (Å²) in [5, 5.41) is 15.9. The van der Waals surface area contributed by atoms with Crippen LogP contribution in [0.15, 0.2) is 79.1 Å². The summed E-state index contributed by atoms with van der Waals surface area (Å²) in [7, 11) is 0. The van der Waals surface area contributed by atoms with E-state index in [2.05, 4.69) is 25.6 Å². The van der Waals surface area contributed by atoms with Gasteiger partial charge in [-0.1, -0.05) is 23.7 Å². The van der Waals surface area contributed by atoms with Gasteiger partial charge < -0.3 is 5.32 Å². The highest BCUT2D eigenvalue weighted by Crippen LogP contribution is 2.24. The van der Waals surface area contributed by atoms with E-state index in [4.69, 9.17) is 11.6 Å². The van der Waals surface area contributed by atoms with Crippen LogP contribution in [0, 0.1) is 5.82 Å². The smallest absolute Gasteiger partial charge is 0.257 e. The fraction of sp³-hybridized carbons (Fsp3) is 0. The van der Waals surface area contributed by atoms with Crippen molar-refractivity contribution in [2.24, 2.45) is 0 Å². The van der Waals surface area contributed by atoms with Gasteiger partial charge in [0.15, 0.2) is 11.5 Å². The van der Waals surface area contributed by atoms with Crippen LogP contribution in [0.2, 0.25) is 5.02 Å². The SMILES string of the molecule is O=C(Nc1cccc(-c2ccc3nnc(-c4ccncc4)n3n2)c1)c1ccc(F)cc1Cl. The Morgan fingerprint density at radius 3 is 2.59 bits per heavy atom. The van der Waals surface area contributed by atoms with E-state index in [0.717, 1.165) is 17.2 Å². The number of amides is 1. The molecule has 0 bridgehead atoms. The first kappa shape index (κ1) is 19.8. The summed E-state index contributed by atoms with van der Waals surface area (Å²) in [5.41, 5.74) is 3.63. The molecule has 1 amide bonds. The van der Waals surface area contributed by atoms with Crippen molar-refractivity contribution in [3.63, 3.8) is 0 Å². The maximum atomic E-state index is 13.3. The zero-order valence-electron chi connectivity index (χ0n) is 16.4. The molecule has 0 radical (unpaired) electrons. The summed E-state index contributed by atoms with van der Waals surface area (Å²) < 4.78 is 14.9. The van der Waals surface area contributed by atoms with Crippen molar-refractivity contribution in [3.8, 4) is 22.6 Å². The first-order valence-corrected chi connectivity index (χ1v) is 9.96. The molecule has 5 rings (SSSR count). The number of hydrogen-bond donors (Lipinski definition) is 1. The van der Waals surface area contributed by atoms with Crippen LogP contribution in [-0.2, 0) is 0 Å². The highest BCUT2D eigenvalue weighted by atomic mass is 35.5. The number of fused-ring (bicyclic) bond motifs is 1. The molecule has 7 nitrogen and oxygen atoms in total. The Kier molecular flexibility index (Phi) is 5.04. The minimum absolute atomic E-state index is 0.0435. The summed E-state index contributed by atoms with van der Waals surface area (Å²) in [6.07, 6.45) is 3.36. The van der Waals surface area contributed by atoms with Gasteiger partial charge in [0.2, 0.25) is 0 Å². The topological polar surface area (TPSA) is 85.1 Å². The van der Waals surface area contributed by atoms with Gasteiger partial charge >= 0.3 is 0 Å². The third-order valence-electron chi connectivity index (χ3n) is 4.79. The zero-order valence-corrected chi connectivity index (χ0v) is 17.2. The van der Waals surface area contributed by atoms with Crippen LogP contribution in [0.25, 0.3) is 28.3 Å². The van der Waals surface area contributed by atoms with Gasteiger partial charge in [-0.2, -0.15) is 9.61 Å². The van der Waals surface area contributed by atoms with Crippen LogP contribution in [0.4, 0.5) is 10.1 Å². The second-order valence-corrected chi connectivity index (χ2v) is 7.31. The highest BCUT2D eigenvalue weighted by molar-refractivity contribution is 6.34. The molecule has 0 spiro atoms. The summed E-state index contributed by atoms with van der Waals surface area (Å²) in [6.45, 7) is 0. The molecule has 0 aliphatic carbocycles. The lowest BCUT2D eigenvalue weighted by Gasteiger charge is -2.09. The average molecular weight is 445 g/mol. The van der Waals surface area contributed by atoms with Crippen molar-refractivity contribution in [1.82, 2.24) is 24.8 Å². The number of halogens is 2. The van der Waals surface area contributed by atoms with Crippen molar-refractivity contribution in [1.29, 1.82) is 0 Å².